The number of aryl methyl sites for hydroxylation is 2. The van der Waals surface area contributed by atoms with Gasteiger partial charge in [0.1, 0.15) is 6.04 Å². The molecule has 1 aromatic heterocycles. The lowest BCUT2D eigenvalue weighted by Gasteiger charge is -2.43. The van der Waals surface area contributed by atoms with Gasteiger partial charge in [0.15, 0.2) is 0 Å². The molecular formula is C50H64N8O5. The summed E-state index contributed by atoms with van der Waals surface area (Å²) in [6.07, 6.45) is 5.10. The number of likely N-dealkylation sites (tertiary alicyclic amines) is 1. The molecule has 0 spiro atoms. The fourth-order valence-corrected chi connectivity index (χ4v) is 10.0. The highest BCUT2D eigenvalue weighted by molar-refractivity contribution is 6.01. The molecule has 3 amide bonds. The summed E-state index contributed by atoms with van der Waals surface area (Å²) in [5.74, 6) is -0.643. The molecule has 4 aliphatic rings. The molecule has 3 aromatic carbocycles. The third-order valence-corrected chi connectivity index (χ3v) is 13.7. The number of ether oxygens (including phenoxy) is 1. The number of benzene rings is 3. The Hall–Kier alpha value is -5.50. The van der Waals surface area contributed by atoms with Gasteiger partial charge in [0.25, 0.3) is 11.5 Å². The van der Waals surface area contributed by atoms with Crippen LogP contribution < -0.4 is 31.3 Å². The molecule has 4 fully saturated rings. The topological polar surface area (TPSA) is 142 Å². The van der Waals surface area contributed by atoms with E-state index in [1.165, 1.54) is 11.3 Å². The van der Waals surface area contributed by atoms with Crippen molar-refractivity contribution in [3.63, 3.8) is 0 Å². The summed E-state index contributed by atoms with van der Waals surface area (Å²) in [7, 11) is 0. The van der Waals surface area contributed by atoms with Crippen molar-refractivity contribution in [2.75, 3.05) is 74.1 Å². The van der Waals surface area contributed by atoms with E-state index in [0.29, 0.717) is 36.1 Å². The highest BCUT2D eigenvalue weighted by Gasteiger charge is 2.30. The molecule has 0 aliphatic carbocycles. The maximum atomic E-state index is 14.0. The van der Waals surface area contributed by atoms with E-state index in [2.05, 4.69) is 89.9 Å². The van der Waals surface area contributed by atoms with Crippen LogP contribution in [0.15, 0.2) is 71.5 Å². The van der Waals surface area contributed by atoms with Crippen LogP contribution in [-0.4, -0.2) is 110 Å². The molecule has 5 heterocycles. The van der Waals surface area contributed by atoms with Gasteiger partial charge >= 0.3 is 0 Å². The van der Waals surface area contributed by atoms with E-state index in [1.807, 2.05) is 45.0 Å². The number of aromatic nitrogens is 1. The Labute approximate surface area is 371 Å². The van der Waals surface area contributed by atoms with E-state index in [4.69, 9.17) is 4.74 Å². The van der Waals surface area contributed by atoms with Gasteiger partial charge in [-0.25, -0.2) is 0 Å². The van der Waals surface area contributed by atoms with Crippen molar-refractivity contribution in [1.29, 1.82) is 0 Å². The monoisotopic (exact) mass is 856 g/mol. The third kappa shape index (κ3) is 10.5. The quantitative estimate of drug-likeness (QED) is 0.120. The smallest absolute Gasteiger partial charge is 0.253 e. The first-order chi connectivity index (χ1) is 30.5. The highest BCUT2D eigenvalue weighted by Crippen LogP contribution is 2.35. The van der Waals surface area contributed by atoms with E-state index < -0.39 is 0 Å². The molecule has 0 saturated carbocycles. The minimum atomic E-state index is -0.374. The standard InChI is InChI=1S/C50H64N8O5/c1-5-58(42-18-26-63-27-19-42)46-30-38(29-43(35(46)4)48(60)51-31-44-33(2)28-34(3)52-49(44)61)37-8-12-40(13-9-37)56-22-24-57(25-23-56)41-16-20-55(21-17-41)32-36-6-10-39(11-7-36)53-45-14-15-47(59)54-50(45)62/h6-13,28-30,41-42,45,53H,5,14-27,31-32H2,1-4H3,(H,51,60)(H,52,61)(H,54,59,62). The molecule has 0 bridgehead atoms. The number of anilines is 3. The summed E-state index contributed by atoms with van der Waals surface area (Å²) in [4.78, 5) is 63.5. The number of hydrogen-bond acceptors (Lipinski definition) is 10. The first-order valence-corrected chi connectivity index (χ1v) is 23.0. The maximum absolute atomic E-state index is 14.0. The van der Waals surface area contributed by atoms with Crippen LogP contribution >= 0.6 is 0 Å². The number of H-pyrrole nitrogens is 1. The van der Waals surface area contributed by atoms with Crippen molar-refractivity contribution in [2.24, 2.45) is 0 Å². The fourth-order valence-electron chi connectivity index (χ4n) is 10.0. The van der Waals surface area contributed by atoms with Crippen LogP contribution in [0.25, 0.3) is 11.1 Å². The van der Waals surface area contributed by atoms with Crippen LogP contribution in [0, 0.1) is 20.8 Å². The lowest BCUT2D eigenvalue weighted by atomic mass is 9.95. The van der Waals surface area contributed by atoms with Gasteiger partial charge < -0.3 is 30.2 Å². The summed E-state index contributed by atoms with van der Waals surface area (Å²) >= 11 is 0. The number of rotatable bonds is 13. The summed E-state index contributed by atoms with van der Waals surface area (Å²) in [6, 6.07) is 23.9. The largest absolute Gasteiger partial charge is 0.381 e. The van der Waals surface area contributed by atoms with E-state index in [0.717, 1.165) is 131 Å². The average Bonchev–Trinajstić information content (AvgIpc) is 3.29. The van der Waals surface area contributed by atoms with E-state index in [1.54, 1.807) is 0 Å². The lowest BCUT2D eigenvalue weighted by Crippen LogP contribution is -2.53. The molecule has 0 radical (unpaired) electrons. The molecule has 4 aromatic rings. The van der Waals surface area contributed by atoms with Gasteiger partial charge in [-0.3, -0.25) is 34.3 Å². The zero-order valence-electron chi connectivity index (χ0n) is 37.4. The molecule has 13 heteroatoms. The van der Waals surface area contributed by atoms with Gasteiger partial charge in [-0.2, -0.15) is 0 Å². The van der Waals surface area contributed by atoms with Gasteiger partial charge in [0.05, 0.1) is 0 Å². The molecular weight excluding hydrogens is 793 g/mol. The van der Waals surface area contributed by atoms with Crippen LogP contribution in [0.3, 0.4) is 0 Å². The minimum Gasteiger partial charge on any atom is -0.381 e. The molecule has 1 atom stereocenters. The van der Waals surface area contributed by atoms with Crippen molar-refractivity contribution in [3.05, 3.63) is 111 Å². The van der Waals surface area contributed by atoms with Crippen LogP contribution in [0.4, 0.5) is 17.1 Å². The first-order valence-electron chi connectivity index (χ1n) is 23.0. The second-order valence-corrected chi connectivity index (χ2v) is 17.8. The number of carbonyl (C=O) groups is 3. The number of piperazine rings is 1. The summed E-state index contributed by atoms with van der Waals surface area (Å²) < 4.78 is 5.72. The zero-order valence-corrected chi connectivity index (χ0v) is 37.4. The number of carbonyl (C=O) groups excluding carboxylic acids is 3. The zero-order chi connectivity index (χ0) is 44.0. The van der Waals surface area contributed by atoms with E-state index >= 15 is 0 Å². The van der Waals surface area contributed by atoms with Crippen LogP contribution in [0.2, 0.25) is 0 Å². The van der Waals surface area contributed by atoms with Crippen molar-refractivity contribution in [3.8, 4) is 11.1 Å². The second kappa shape index (κ2) is 19.9. The van der Waals surface area contributed by atoms with Gasteiger partial charge in [0, 0.05) is 111 Å². The molecule has 1 unspecified atom stereocenters. The minimum absolute atomic E-state index is 0.156. The second-order valence-electron chi connectivity index (χ2n) is 17.8. The molecule has 13 nitrogen and oxygen atoms in total. The number of imide groups is 1. The predicted octanol–water partition coefficient (Wildman–Crippen LogP) is 5.91. The van der Waals surface area contributed by atoms with Gasteiger partial charge in [0.2, 0.25) is 11.8 Å². The Morgan fingerprint density at radius 1 is 0.825 bits per heavy atom. The Bertz CT molecular complexity index is 2310. The maximum Gasteiger partial charge on any atom is 0.253 e. The summed E-state index contributed by atoms with van der Waals surface area (Å²) in [5, 5.41) is 8.76. The number of hydrogen-bond donors (Lipinski definition) is 4. The van der Waals surface area contributed by atoms with Crippen molar-refractivity contribution in [2.45, 2.75) is 97.4 Å². The van der Waals surface area contributed by atoms with Crippen molar-refractivity contribution in [1.82, 2.24) is 25.4 Å². The van der Waals surface area contributed by atoms with Crippen LogP contribution in [-0.2, 0) is 27.4 Å². The SMILES string of the molecule is CCN(c1cc(-c2ccc(N3CCN(C4CCN(Cc5ccc(NC6CCC(=O)NC6=O)cc5)CC4)CC3)cc2)cc(C(=O)NCc2c(C)cc(C)[nH]c2=O)c1C)C1CCOCC1. The van der Waals surface area contributed by atoms with E-state index in [9.17, 15) is 19.2 Å². The molecule has 334 valence electrons. The van der Waals surface area contributed by atoms with Gasteiger partial charge in [-0.1, -0.05) is 24.3 Å². The molecule has 4 aliphatic heterocycles. The number of aromatic amines is 1. The number of nitrogens with zero attached hydrogens (tertiary/aromatic N) is 4. The number of amides is 3. The lowest BCUT2D eigenvalue weighted by molar-refractivity contribution is -0.133. The summed E-state index contributed by atoms with van der Waals surface area (Å²) in [6.45, 7) is 17.6. The normalized spacial score (nSPS) is 19.5. The number of nitrogens with one attached hydrogen (secondary N) is 4. The van der Waals surface area contributed by atoms with E-state index in [-0.39, 0.29) is 35.9 Å². The molecule has 4 saturated heterocycles. The fraction of sp³-hybridized carbons (Fsp3) is 0.480. The highest BCUT2D eigenvalue weighted by atomic mass is 16.5. The Balaban J connectivity index is 0.876. The van der Waals surface area contributed by atoms with Crippen molar-refractivity contribution < 1.29 is 19.1 Å². The van der Waals surface area contributed by atoms with Crippen LogP contribution in [0.5, 0.6) is 0 Å². The third-order valence-electron chi connectivity index (χ3n) is 13.7. The average molecular weight is 857 g/mol. The first kappa shape index (κ1) is 44.1. The molecule has 63 heavy (non-hydrogen) atoms. The Kier molecular flexibility index (Phi) is 13.9. The van der Waals surface area contributed by atoms with Gasteiger partial charge in [-0.05, 0) is 143 Å². The molecule has 4 N–H and O–H groups in total. The number of pyridine rings is 1. The Morgan fingerprint density at radius 3 is 2.21 bits per heavy atom. The van der Waals surface area contributed by atoms with Gasteiger partial charge in [-0.15, -0.1) is 0 Å². The van der Waals surface area contributed by atoms with Crippen LogP contribution in [0.1, 0.15) is 83.8 Å². The summed E-state index contributed by atoms with van der Waals surface area (Å²) in [5.41, 5.74) is 10.1. The Morgan fingerprint density at radius 2 is 1.54 bits per heavy atom. The van der Waals surface area contributed by atoms with Crippen molar-refractivity contribution >= 4 is 34.8 Å². The number of piperidine rings is 2. The molecule has 8 rings (SSSR count). The predicted molar refractivity (Wildman–Crippen MR) is 250 cm³/mol.